The smallest absolute Gasteiger partial charge is 0.222 e. The van der Waals surface area contributed by atoms with Gasteiger partial charge in [0.15, 0.2) is 0 Å². The van der Waals surface area contributed by atoms with Crippen molar-refractivity contribution in [1.29, 1.82) is 0 Å². The molecule has 3 heteroatoms. The first-order valence-electron chi connectivity index (χ1n) is 9.24. The number of nitrogens with zero attached hydrogens (tertiary/aromatic N) is 2. The van der Waals surface area contributed by atoms with E-state index in [1.165, 1.54) is 17.5 Å². The third-order valence-corrected chi connectivity index (χ3v) is 5.51. The van der Waals surface area contributed by atoms with Crippen molar-refractivity contribution in [3.05, 3.63) is 35.4 Å². The molecule has 1 aromatic carbocycles. The van der Waals surface area contributed by atoms with Crippen LogP contribution in [0.2, 0.25) is 0 Å². The van der Waals surface area contributed by atoms with Crippen molar-refractivity contribution in [2.45, 2.75) is 58.5 Å². The minimum Gasteiger partial charge on any atom is -0.339 e. The Bertz CT molecular complexity index is 525. The summed E-state index contributed by atoms with van der Waals surface area (Å²) in [6.07, 6.45) is 5.29. The first-order chi connectivity index (χ1) is 11.2. The van der Waals surface area contributed by atoms with Gasteiger partial charge in [-0.2, -0.15) is 0 Å². The first kappa shape index (κ1) is 16.5. The molecule has 2 saturated heterocycles. The second kappa shape index (κ2) is 7.48. The number of rotatable bonds is 5. The zero-order chi connectivity index (χ0) is 16.2. The highest BCUT2D eigenvalue weighted by molar-refractivity contribution is 5.77. The molecule has 0 aliphatic carbocycles. The van der Waals surface area contributed by atoms with Crippen LogP contribution in [0, 0.1) is 12.8 Å². The summed E-state index contributed by atoms with van der Waals surface area (Å²) in [5.74, 6) is 1.07. The van der Waals surface area contributed by atoms with Crippen LogP contribution >= 0.6 is 0 Å². The van der Waals surface area contributed by atoms with Crippen molar-refractivity contribution in [3.8, 4) is 0 Å². The summed E-state index contributed by atoms with van der Waals surface area (Å²) in [6.45, 7) is 8.62. The van der Waals surface area contributed by atoms with E-state index in [2.05, 4.69) is 47.9 Å². The minimum atomic E-state index is 0.395. The van der Waals surface area contributed by atoms with Gasteiger partial charge in [0, 0.05) is 38.6 Å². The molecule has 0 saturated carbocycles. The van der Waals surface area contributed by atoms with E-state index in [1.807, 2.05) is 0 Å². The Morgan fingerprint density at radius 2 is 1.96 bits per heavy atom. The molecule has 0 spiro atoms. The maximum Gasteiger partial charge on any atom is 0.222 e. The lowest BCUT2D eigenvalue weighted by molar-refractivity contribution is -0.141. The van der Waals surface area contributed by atoms with Crippen molar-refractivity contribution in [1.82, 2.24) is 9.80 Å². The summed E-state index contributed by atoms with van der Waals surface area (Å²) in [4.78, 5) is 17.1. The Kier molecular flexibility index (Phi) is 5.37. The molecule has 0 unspecified atom stereocenters. The van der Waals surface area contributed by atoms with Gasteiger partial charge in [0.2, 0.25) is 5.91 Å². The van der Waals surface area contributed by atoms with Gasteiger partial charge in [-0.3, -0.25) is 9.69 Å². The van der Waals surface area contributed by atoms with Gasteiger partial charge in [0.25, 0.3) is 0 Å². The summed E-state index contributed by atoms with van der Waals surface area (Å²) < 4.78 is 0. The quantitative estimate of drug-likeness (QED) is 0.829. The van der Waals surface area contributed by atoms with Gasteiger partial charge in [0.1, 0.15) is 0 Å². The number of fused-ring (bicyclic) bond motifs is 1. The third kappa shape index (κ3) is 3.95. The third-order valence-electron chi connectivity index (χ3n) is 5.51. The summed E-state index contributed by atoms with van der Waals surface area (Å²) in [6, 6.07) is 9.40. The van der Waals surface area contributed by atoms with E-state index in [4.69, 9.17) is 0 Å². The van der Waals surface area contributed by atoms with Gasteiger partial charge in [-0.15, -0.1) is 0 Å². The molecule has 0 N–H and O–H groups in total. The highest BCUT2D eigenvalue weighted by Gasteiger charge is 2.38. The van der Waals surface area contributed by atoms with Gasteiger partial charge in [-0.1, -0.05) is 43.2 Å². The van der Waals surface area contributed by atoms with Crippen molar-refractivity contribution >= 4 is 5.91 Å². The second-order valence-corrected chi connectivity index (χ2v) is 7.32. The lowest BCUT2D eigenvalue weighted by atomic mass is 9.83. The average Bonchev–Trinajstić information content (AvgIpc) is 2.56. The summed E-state index contributed by atoms with van der Waals surface area (Å²) in [5.41, 5.74) is 2.73. The zero-order valence-corrected chi connectivity index (χ0v) is 14.6. The highest BCUT2D eigenvalue weighted by Crippen LogP contribution is 2.32. The van der Waals surface area contributed by atoms with Crippen molar-refractivity contribution in [2.24, 2.45) is 5.92 Å². The van der Waals surface area contributed by atoms with Crippen molar-refractivity contribution in [3.63, 3.8) is 0 Å². The Morgan fingerprint density at radius 1 is 1.17 bits per heavy atom. The Morgan fingerprint density at radius 3 is 2.70 bits per heavy atom. The molecular weight excluding hydrogens is 284 g/mol. The Hall–Kier alpha value is -1.35. The molecule has 2 aliphatic rings. The van der Waals surface area contributed by atoms with Gasteiger partial charge < -0.3 is 4.90 Å². The molecule has 2 atom stereocenters. The van der Waals surface area contributed by atoms with Crippen LogP contribution in [0.4, 0.5) is 0 Å². The first-order valence-corrected chi connectivity index (χ1v) is 9.24. The monoisotopic (exact) mass is 314 g/mol. The lowest BCUT2D eigenvalue weighted by Crippen LogP contribution is -2.55. The van der Waals surface area contributed by atoms with E-state index >= 15 is 0 Å². The number of hydrogen-bond donors (Lipinski definition) is 0. The van der Waals surface area contributed by atoms with E-state index in [0.29, 0.717) is 17.9 Å². The van der Waals surface area contributed by atoms with Crippen LogP contribution in [-0.4, -0.2) is 41.4 Å². The fraction of sp³-hybridized carbons (Fsp3) is 0.650. The number of carbonyl (C=O) groups excluding carboxylic acids is 1. The zero-order valence-electron chi connectivity index (χ0n) is 14.6. The minimum absolute atomic E-state index is 0.395. The van der Waals surface area contributed by atoms with E-state index in [9.17, 15) is 4.79 Å². The van der Waals surface area contributed by atoms with Crippen LogP contribution in [0.15, 0.2) is 24.3 Å². The topological polar surface area (TPSA) is 23.6 Å². The molecule has 1 amide bonds. The van der Waals surface area contributed by atoms with Crippen molar-refractivity contribution < 1.29 is 4.79 Å². The van der Waals surface area contributed by atoms with E-state index in [1.54, 1.807) is 0 Å². The second-order valence-electron chi connectivity index (χ2n) is 7.32. The predicted octanol–water partition coefficient (Wildman–Crippen LogP) is 3.61. The van der Waals surface area contributed by atoms with Gasteiger partial charge in [-0.05, 0) is 37.7 Å². The standard InChI is InChI=1S/C20H30N2O/c1-3-4-12-22-19-11-13-21(15-18(19)9-10-20(22)23)14-17-7-5-16(2)6-8-17/h5-8,18-19H,3-4,9-15H2,1-2H3/t18-,19+/m1/s1. The number of hydrogen-bond acceptors (Lipinski definition) is 2. The summed E-state index contributed by atoms with van der Waals surface area (Å²) in [5, 5.41) is 0. The van der Waals surface area contributed by atoms with E-state index < -0.39 is 0 Å². The molecule has 126 valence electrons. The fourth-order valence-corrected chi connectivity index (χ4v) is 4.14. The number of benzene rings is 1. The molecule has 3 rings (SSSR count). The van der Waals surface area contributed by atoms with Gasteiger partial charge in [-0.25, -0.2) is 0 Å². The number of carbonyl (C=O) groups is 1. The van der Waals surface area contributed by atoms with Crippen molar-refractivity contribution in [2.75, 3.05) is 19.6 Å². The van der Waals surface area contributed by atoms with Crippen LogP contribution in [0.5, 0.6) is 0 Å². The Balaban J connectivity index is 1.60. The maximum atomic E-state index is 12.3. The Labute approximate surface area is 140 Å². The number of piperidine rings is 2. The average molecular weight is 314 g/mol. The molecule has 0 aromatic heterocycles. The molecule has 2 heterocycles. The number of amides is 1. The largest absolute Gasteiger partial charge is 0.339 e. The molecule has 0 bridgehead atoms. The van der Waals surface area contributed by atoms with Crippen LogP contribution < -0.4 is 0 Å². The lowest BCUT2D eigenvalue weighted by Gasteiger charge is -2.47. The molecule has 1 aromatic rings. The van der Waals surface area contributed by atoms with E-state index in [-0.39, 0.29) is 0 Å². The molecule has 3 nitrogen and oxygen atoms in total. The molecule has 2 aliphatic heterocycles. The van der Waals surface area contributed by atoms with Crippen LogP contribution in [0.25, 0.3) is 0 Å². The summed E-state index contributed by atoms with van der Waals surface area (Å²) >= 11 is 0. The normalized spacial score (nSPS) is 25.5. The summed E-state index contributed by atoms with van der Waals surface area (Å²) in [7, 11) is 0. The number of likely N-dealkylation sites (tertiary alicyclic amines) is 2. The van der Waals surface area contributed by atoms with Gasteiger partial charge in [0.05, 0.1) is 0 Å². The number of unbranched alkanes of at least 4 members (excludes halogenated alkanes) is 1. The van der Waals surface area contributed by atoms with Gasteiger partial charge >= 0.3 is 0 Å². The molecule has 0 radical (unpaired) electrons. The maximum absolute atomic E-state index is 12.3. The molecule has 2 fully saturated rings. The molecular formula is C20H30N2O. The van der Waals surface area contributed by atoms with Crippen LogP contribution in [0.3, 0.4) is 0 Å². The SMILES string of the molecule is CCCCN1C(=O)CC[C@@H]2CN(Cc3ccc(C)cc3)CC[C@@H]21. The van der Waals surface area contributed by atoms with E-state index in [0.717, 1.165) is 51.9 Å². The molecule has 23 heavy (non-hydrogen) atoms. The highest BCUT2D eigenvalue weighted by atomic mass is 16.2. The predicted molar refractivity (Wildman–Crippen MR) is 94.2 cm³/mol. The fourth-order valence-electron chi connectivity index (χ4n) is 4.14. The van der Waals surface area contributed by atoms with Crippen LogP contribution in [0.1, 0.15) is 50.2 Å². The number of aryl methyl sites for hydroxylation is 1. The van der Waals surface area contributed by atoms with Crippen LogP contribution in [-0.2, 0) is 11.3 Å².